The highest BCUT2D eigenvalue weighted by Gasteiger charge is 2.37. The number of nitrogens with zero attached hydrogens (tertiary/aromatic N) is 3. The molecule has 10 heteroatoms. The van der Waals surface area contributed by atoms with E-state index in [1.165, 1.54) is 12.8 Å². The van der Waals surface area contributed by atoms with Crippen molar-refractivity contribution in [3.63, 3.8) is 0 Å². The normalized spacial score (nSPS) is 17.6. The number of carbonyl (C=O) groups is 2. The van der Waals surface area contributed by atoms with Crippen LogP contribution in [0.1, 0.15) is 78.5 Å². The van der Waals surface area contributed by atoms with Crippen LogP contribution in [0.4, 0.5) is 10.6 Å². The minimum atomic E-state index is -1.00. The quantitative estimate of drug-likeness (QED) is 0.338. The molecule has 0 radical (unpaired) electrons. The highest BCUT2D eigenvalue weighted by Crippen LogP contribution is 2.29. The summed E-state index contributed by atoms with van der Waals surface area (Å²) in [6.45, 7) is 7.68. The largest absolute Gasteiger partial charge is 0.448 e. The summed E-state index contributed by atoms with van der Waals surface area (Å²) < 4.78 is 11.2. The molecule has 1 saturated carbocycles. The summed E-state index contributed by atoms with van der Waals surface area (Å²) in [5, 5.41) is 17.5. The molecule has 42 heavy (non-hydrogen) atoms. The van der Waals surface area contributed by atoms with Gasteiger partial charge in [0.25, 0.3) is 5.91 Å². The molecule has 3 N–H and O–H groups in total. The van der Waals surface area contributed by atoms with Gasteiger partial charge < -0.3 is 24.9 Å². The molecule has 2 amide bonds. The van der Waals surface area contributed by atoms with Crippen molar-refractivity contribution in [2.24, 2.45) is 0 Å². The third kappa shape index (κ3) is 7.28. The van der Waals surface area contributed by atoms with E-state index in [1.807, 2.05) is 27.7 Å². The number of hydrogen-bond donors (Lipinski definition) is 3. The van der Waals surface area contributed by atoms with Gasteiger partial charge in [0.2, 0.25) is 0 Å². The number of amides is 2. The second-order valence-corrected chi connectivity index (χ2v) is 12.3. The van der Waals surface area contributed by atoms with Crippen molar-refractivity contribution < 1.29 is 23.8 Å². The molecule has 2 aromatic heterocycles. The fourth-order valence-electron chi connectivity index (χ4n) is 5.35. The van der Waals surface area contributed by atoms with Crippen LogP contribution < -0.4 is 10.6 Å². The minimum Gasteiger partial charge on any atom is -0.448 e. The Morgan fingerprint density at radius 1 is 1.14 bits per heavy atom. The van der Waals surface area contributed by atoms with Gasteiger partial charge in [0.05, 0.1) is 17.8 Å². The number of hydrogen-bond acceptors (Lipinski definition) is 8. The lowest BCUT2D eigenvalue weighted by Crippen LogP contribution is -2.54. The first-order chi connectivity index (χ1) is 20.1. The Hall–Kier alpha value is -3.92. The van der Waals surface area contributed by atoms with Crippen LogP contribution in [-0.4, -0.2) is 62.3 Å². The first-order valence-electron chi connectivity index (χ1n) is 14.7. The number of aryl methyl sites for hydroxylation is 3. The zero-order valence-electron chi connectivity index (χ0n) is 24.9. The molecule has 0 bridgehead atoms. The summed E-state index contributed by atoms with van der Waals surface area (Å²) >= 11 is 0. The zero-order valence-corrected chi connectivity index (χ0v) is 24.9. The number of ether oxygens (including phenoxy) is 1. The van der Waals surface area contributed by atoms with Crippen LogP contribution in [-0.2, 0) is 30.5 Å². The summed E-state index contributed by atoms with van der Waals surface area (Å²) in [5.41, 5.74) is 3.87. The summed E-state index contributed by atoms with van der Waals surface area (Å²) in [4.78, 5) is 36.4. The predicted octanol–water partition coefficient (Wildman–Crippen LogP) is 4.58. The molecule has 3 aromatic rings. The monoisotopic (exact) mass is 575 g/mol. The number of anilines is 1. The second kappa shape index (κ2) is 12.5. The van der Waals surface area contributed by atoms with Crippen LogP contribution in [0.5, 0.6) is 0 Å². The topological polar surface area (TPSA) is 130 Å². The second-order valence-electron chi connectivity index (χ2n) is 12.3. The maximum absolute atomic E-state index is 13.3. The van der Waals surface area contributed by atoms with Crippen molar-refractivity contribution in [2.45, 2.75) is 96.6 Å². The number of fused-ring (bicyclic) bond motifs is 1. The van der Waals surface area contributed by atoms with Gasteiger partial charge in [-0.05, 0) is 88.6 Å². The molecule has 0 saturated heterocycles. The van der Waals surface area contributed by atoms with Gasteiger partial charge in [0.1, 0.15) is 17.2 Å². The Bertz CT molecular complexity index is 1410. The van der Waals surface area contributed by atoms with E-state index >= 15 is 0 Å². The average molecular weight is 576 g/mol. The molecule has 0 spiro atoms. The molecule has 1 aliphatic carbocycles. The number of oxazole rings is 1. The fourth-order valence-corrected chi connectivity index (χ4v) is 5.35. The summed E-state index contributed by atoms with van der Waals surface area (Å²) in [7, 11) is 0. The number of aromatic nitrogens is 2. The van der Waals surface area contributed by atoms with Gasteiger partial charge in [-0.15, -0.1) is 0 Å². The van der Waals surface area contributed by atoms with Gasteiger partial charge in [-0.2, -0.15) is 0 Å². The fraction of sp³-hybridized carbons (Fsp3) is 0.500. The highest BCUT2D eigenvalue weighted by molar-refractivity contribution is 5.94. The standard InChI is InChI=1S/C32H41N5O5/c1-20-28(41-19-35-20)11-9-21-8-10-22-15-26(37(18-24(22)14-21)31(40)42-32(2,3)4)27(38)17-34-30(39)23-12-13-33-29(16-23)36-25-6-5-7-25/h8,10,12-14,16,19,25-27,38H,5-7,9,11,15,17-18H2,1-4H3,(H,33,36)(H,34,39)/t26-,27+/m0/s1. The van der Waals surface area contributed by atoms with Gasteiger partial charge in [-0.25, -0.2) is 14.8 Å². The van der Waals surface area contributed by atoms with Gasteiger partial charge in [0, 0.05) is 37.3 Å². The van der Waals surface area contributed by atoms with E-state index in [4.69, 9.17) is 9.15 Å². The average Bonchev–Trinajstić information content (AvgIpc) is 3.35. The lowest BCUT2D eigenvalue weighted by molar-refractivity contribution is -0.0113. The molecule has 10 nitrogen and oxygen atoms in total. The Kier molecular flexibility index (Phi) is 8.82. The molecule has 1 aliphatic heterocycles. The Balaban J connectivity index is 1.27. The molecular weight excluding hydrogens is 534 g/mol. The number of benzene rings is 1. The first-order valence-corrected chi connectivity index (χ1v) is 14.7. The smallest absolute Gasteiger partial charge is 0.410 e. The molecule has 5 rings (SSSR count). The van der Waals surface area contributed by atoms with Crippen LogP contribution in [0.3, 0.4) is 0 Å². The van der Waals surface area contributed by atoms with E-state index in [1.54, 1.807) is 23.2 Å². The lowest BCUT2D eigenvalue weighted by Gasteiger charge is -2.40. The van der Waals surface area contributed by atoms with Gasteiger partial charge in [0.15, 0.2) is 6.39 Å². The van der Waals surface area contributed by atoms with Crippen LogP contribution in [0, 0.1) is 6.92 Å². The van der Waals surface area contributed by atoms with E-state index in [9.17, 15) is 14.7 Å². The Labute approximate surface area is 246 Å². The Morgan fingerprint density at radius 3 is 2.64 bits per heavy atom. The molecule has 1 aromatic carbocycles. The van der Waals surface area contributed by atoms with Crippen molar-refractivity contribution in [2.75, 3.05) is 11.9 Å². The summed E-state index contributed by atoms with van der Waals surface area (Å²) in [5.74, 6) is 1.23. The van der Waals surface area contributed by atoms with E-state index < -0.39 is 23.8 Å². The first kappa shape index (κ1) is 29.6. The molecular formula is C32H41N5O5. The van der Waals surface area contributed by atoms with Crippen LogP contribution in [0.2, 0.25) is 0 Å². The van der Waals surface area contributed by atoms with Crippen molar-refractivity contribution in [1.82, 2.24) is 20.2 Å². The van der Waals surface area contributed by atoms with Gasteiger partial charge >= 0.3 is 6.09 Å². The number of aliphatic hydroxyl groups excluding tert-OH is 1. The molecule has 2 atom stereocenters. The van der Waals surface area contributed by atoms with Crippen LogP contribution in [0.25, 0.3) is 0 Å². The number of nitrogens with one attached hydrogen (secondary N) is 2. The van der Waals surface area contributed by atoms with E-state index in [0.717, 1.165) is 53.8 Å². The van der Waals surface area contributed by atoms with Crippen LogP contribution in [0.15, 0.2) is 47.3 Å². The number of carbonyl (C=O) groups excluding carboxylic acids is 2. The maximum atomic E-state index is 13.3. The van der Waals surface area contributed by atoms with E-state index in [-0.39, 0.29) is 12.5 Å². The Morgan fingerprint density at radius 2 is 1.95 bits per heavy atom. The lowest BCUT2D eigenvalue weighted by atomic mass is 9.89. The number of pyridine rings is 1. The predicted molar refractivity (Wildman–Crippen MR) is 158 cm³/mol. The third-order valence-corrected chi connectivity index (χ3v) is 7.95. The summed E-state index contributed by atoms with van der Waals surface area (Å²) in [6.07, 6.45) is 6.94. The molecule has 3 heterocycles. The highest BCUT2D eigenvalue weighted by atomic mass is 16.6. The van der Waals surface area contributed by atoms with Gasteiger partial charge in [-0.1, -0.05) is 18.2 Å². The molecule has 0 unspecified atom stereocenters. The number of aliphatic hydroxyl groups is 1. The van der Waals surface area contributed by atoms with E-state index in [2.05, 4.69) is 38.8 Å². The van der Waals surface area contributed by atoms with Gasteiger partial charge in [-0.3, -0.25) is 9.69 Å². The summed E-state index contributed by atoms with van der Waals surface area (Å²) in [6, 6.07) is 9.47. The van der Waals surface area contributed by atoms with Crippen molar-refractivity contribution in [1.29, 1.82) is 0 Å². The van der Waals surface area contributed by atoms with Crippen molar-refractivity contribution in [3.05, 3.63) is 76.6 Å². The maximum Gasteiger partial charge on any atom is 0.410 e. The SMILES string of the molecule is Cc1ncoc1CCc1ccc2c(c1)CN(C(=O)OC(C)(C)C)[C@H]([C@H](O)CNC(=O)c1ccnc(NC3CCC3)c1)C2. The zero-order chi connectivity index (χ0) is 29.9. The molecule has 1 fully saturated rings. The molecule has 224 valence electrons. The van der Waals surface area contributed by atoms with Crippen molar-refractivity contribution in [3.8, 4) is 0 Å². The third-order valence-electron chi connectivity index (χ3n) is 7.95. The van der Waals surface area contributed by atoms with Crippen LogP contribution >= 0.6 is 0 Å². The molecule has 2 aliphatic rings. The number of rotatable bonds is 9. The van der Waals surface area contributed by atoms with Crippen molar-refractivity contribution >= 4 is 17.8 Å². The van der Waals surface area contributed by atoms with E-state index in [0.29, 0.717) is 30.4 Å². The minimum absolute atomic E-state index is 0.0134.